The van der Waals surface area contributed by atoms with E-state index in [1.807, 2.05) is 6.92 Å². The predicted molar refractivity (Wildman–Crippen MR) is 97.5 cm³/mol. The number of carbonyl (C=O) groups excluding carboxylic acids is 2. The third-order valence-electron chi connectivity index (χ3n) is 3.20. The Hall–Kier alpha value is -1.30. The maximum absolute atomic E-state index is 12.0. The standard InChI is InChI=1S/C16H24ClN3O2.ClH/c1-2-19-16(22)13-9-8-12(17)11-14(13)20-15(21)7-5-3-4-6-10-18;/h8-9,11H,2-7,10,18H2,1H3,(H,19,22)(H,20,21);1H. The zero-order valence-corrected chi connectivity index (χ0v) is 14.9. The van der Waals surface area contributed by atoms with Gasteiger partial charge in [0.25, 0.3) is 5.91 Å². The molecule has 0 atom stereocenters. The Bertz CT molecular complexity index is 510. The van der Waals surface area contributed by atoms with Gasteiger partial charge in [-0.3, -0.25) is 9.59 Å². The third-order valence-corrected chi connectivity index (χ3v) is 3.43. The van der Waals surface area contributed by atoms with Crippen LogP contribution in [0.2, 0.25) is 5.02 Å². The minimum atomic E-state index is -0.225. The van der Waals surface area contributed by atoms with Crippen molar-refractivity contribution in [3.63, 3.8) is 0 Å². The van der Waals surface area contributed by atoms with Crippen LogP contribution in [-0.2, 0) is 4.79 Å². The van der Waals surface area contributed by atoms with Gasteiger partial charge in [0.05, 0.1) is 11.3 Å². The van der Waals surface area contributed by atoms with Gasteiger partial charge < -0.3 is 16.4 Å². The first kappa shape index (κ1) is 21.7. The van der Waals surface area contributed by atoms with Crippen molar-refractivity contribution < 1.29 is 9.59 Å². The Balaban J connectivity index is 0.00000484. The van der Waals surface area contributed by atoms with Crippen molar-refractivity contribution in [2.75, 3.05) is 18.4 Å². The van der Waals surface area contributed by atoms with Crippen LogP contribution < -0.4 is 16.4 Å². The number of rotatable bonds is 9. The molecule has 0 aromatic heterocycles. The summed E-state index contributed by atoms with van der Waals surface area (Å²) in [6, 6.07) is 4.84. The smallest absolute Gasteiger partial charge is 0.253 e. The summed E-state index contributed by atoms with van der Waals surface area (Å²) in [7, 11) is 0. The van der Waals surface area contributed by atoms with E-state index >= 15 is 0 Å². The normalized spacial score (nSPS) is 9.87. The van der Waals surface area contributed by atoms with Gasteiger partial charge in [-0.15, -0.1) is 12.4 Å². The lowest BCUT2D eigenvalue weighted by Gasteiger charge is -2.11. The summed E-state index contributed by atoms with van der Waals surface area (Å²) in [6.45, 7) is 3.05. The molecule has 5 nitrogen and oxygen atoms in total. The Morgan fingerprint density at radius 2 is 1.87 bits per heavy atom. The van der Waals surface area contributed by atoms with Crippen LogP contribution in [-0.4, -0.2) is 24.9 Å². The van der Waals surface area contributed by atoms with Crippen LogP contribution in [0.25, 0.3) is 0 Å². The van der Waals surface area contributed by atoms with E-state index in [0.717, 1.165) is 25.7 Å². The molecule has 0 spiro atoms. The van der Waals surface area contributed by atoms with E-state index in [9.17, 15) is 9.59 Å². The van der Waals surface area contributed by atoms with Gasteiger partial charge in [-0.05, 0) is 44.5 Å². The lowest BCUT2D eigenvalue weighted by atomic mass is 10.1. The second-order valence-electron chi connectivity index (χ2n) is 5.05. The van der Waals surface area contributed by atoms with Crippen molar-refractivity contribution >= 4 is 41.5 Å². The zero-order chi connectivity index (χ0) is 16.4. The highest BCUT2D eigenvalue weighted by Gasteiger charge is 2.13. The number of unbranched alkanes of at least 4 members (excludes halogenated alkanes) is 3. The molecule has 23 heavy (non-hydrogen) atoms. The first-order valence-corrected chi connectivity index (χ1v) is 8.04. The minimum absolute atomic E-state index is 0. The van der Waals surface area contributed by atoms with Gasteiger partial charge in [0.2, 0.25) is 5.91 Å². The Morgan fingerprint density at radius 1 is 1.17 bits per heavy atom. The van der Waals surface area contributed by atoms with Crippen molar-refractivity contribution in [3.05, 3.63) is 28.8 Å². The lowest BCUT2D eigenvalue weighted by molar-refractivity contribution is -0.116. The summed E-state index contributed by atoms with van der Waals surface area (Å²) >= 11 is 5.95. The summed E-state index contributed by atoms with van der Waals surface area (Å²) < 4.78 is 0. The quantitative estimate of drug-likeness (QED) is 0.589. The predicted octanol–water partition coefficient (Wildman–Crippen LogP) is 3.36. The summed E-state index contributed by atoms with van der Waals surface area (Å²) in [5.74, 6) is -0.335. The molecular formula is C16H25Cl2N3O2. The van der Waals surface area contributed by atoms with Crippen molar-refractivity contribution in [1.82, 2.24) is 5.32 Å². The number of anilines is 1. The average Bonchev–Trinajstić information content (AvgIpc) is 2.47. The van der Waals surface area contributed by atoms with Gasteiger partial charge in [0.1, 0.15) is 0 Å². The highest BCUT2D eigenvalue weighted by Crippen LogP contribution is 2.21. The van der Waals surface area contributed by atoms with Crippen molar-refractivity contribution in [1.29, 1.82) is 0 Å². The second-order valence-corrected chi connectivity index (χ2v) is 5.49. The van der Waals surface area contributed by atoms with Crippen LogP contribution in [0.1, 0.15) is 49.4 Å². The Kier molecular flexibility index (Phi) is 11.5. The molecule has 0 radical (unpaired) electrons. The Morgan fingerprint density at radius 3 is 2.52 bits per heavy atom. The second kappa shape index (κ2) is 12.2. The van der Waals surface area contributed by atoms with E-state index < -0.39 is 0 Å². The van der Waals surface area contributed by atoms with Crippen LogP contribution in [0.3, 0.4) is 0 Å². The SMILES string of the molecule is CCNC(=O)c1ccc(Cl)cc1NC(=O)CCCCCCN.Cl. The lowest BCUT2D eigenvalue weighted by Crippen LogP contribution is -2.24. The van der Waals surface area contributed by atoms with E-state index in [1.165, 1.54) is 0 Å². The fourth-order valence-electron chi connectivity index (χ4n) is 2.07. The number of halogens is 2. The number of benzene rings is 1. The van der Waals surface area contributed by atoms with Gasteiger partial charge >= 0.3 is 0 Å². The molecule has 2 amide bonds. The van der Waals surface area contributed by atoms with Crippen molar-refractivity contribution in [3.8, 4) is 0 Å². The van der Waals surface area contributed by atoms with E-state index in [-0.39, 0.29) is 24.2 Å². The summed E-state index contributed by atoms with van der Waals surface area (Å²) in [6.07, 6.45) is 4.22. The van der Waals surface area contributed by atoms with E-state index in [0.29, 0.717) is 35.8 Å². The molecule has 1 aromatic rings. The molecular weight excluding hydrogens is 337 g/mol. The van der Waals surface area contributed by atoms with Crippen LogP contribution in [0.5, 0.6) is 0 Å². The van der Waals surface area contributed by atoms with Crippen LogP contribution in [0, 0.1) is 0 Å². The van der Waals surface area contributed by atoms with E-state index in [2.05, 4.69) is 10.6 Å². The molecule has 0 saturated carbocycles. The molecule has 7 heteroatoms. The highest BCUT2D eigenvalue weighted by atomic mass is 35.5. The first-order valence-electron chi connectivity index (χ1n) is 7.66. The fraction of sp³-hybridized carbons (Fsp3) is 0.500. The summed E-state index contributed by atoms with van der Waals surface area (Å²) in [5.41, 5.74) is 6.30. The molecule has 130 valence electrons. The molecule has 4 N–H and O–H groups in total. The fourth-order valence-corrected chi connectivity index (χ4v) is 2.24. The maximum atomic E-state index is 12.0. The molecule has 0 aliphatic rings. The van der Waals surface area contributed by atoms with Gasteiger partial charge in [0.15, 0.2) is 0 Å². The maximum Gasteiger partial charge on any atom is 0.253 e. The van der Waals surface area contributed by atoms with Crippen LogP contribution >= 0.6 is 24.0 Å². The van der Waals surface area contributed by atoms with E-state index in [4.69, 9.17) is 17.3 Å². The number of nitrogens with one attached hydrogen (secondary N) is 2. The Labute approximate surface area is 148 Å². The molecule has 0 bridgehead atoms. The third kappa shape index (κ3) is 8.21. The number of nitrogens with two attached hydrogens (primary N) is 1. The largest absolute Gasteiger partial charge is 0.352 e. The molecule has 0 saturated heterocycles. The van der Waals surface area contributed by atoms with Gasteiger partial charge in [0, 0.05) is 18.0 Å². The highest BCUT2D eigenvalue weighted by molar-refractivity contribution is 6.31. The van der Waals surface area contributed by atoms with Gasteiger partial charge in [-0.1, -0.05) is 24.4 Å². The number of amides is 2. The summed E-state index contributed by atoms with van der Waals surface area (Å²) in [4.78, 5) is 24.0. The van der Waals surface area contributed by atoms with Crippen LogP contribution in [0.4, 0.5) is 5.69 Å². The number of hydrogen-bond acceptors (Lipinski definition) is 3. The first-order chi connectivity index (χ1) is 10.6. The average molecular weight is 362 g/mol. The molecule has 0 aliphatic heterocycles. The van der Waals surface area contributed by atoms with Crippen molar-refractivity contribution in [2.24, 2.45) is 5.73 Å². The molecule has 1 aromatic carbocycles. The molecule has 0 aliphatic carbocycles. The molecule has 1 rings (SSSR count). The zero-order valence-electron chi connectivity index (χ0n) is 13.4. The van der Waals surface area contributed by atoms with Crippen LogP contribution in [0.15, 0.2) is 18.2 Å². The monoisotopic (exact) mass is 361 g/mol. The van der Waals surface area contributed by atoms with Gasteiger partial charge in [-0.25, -0.2) is 0 Å². The number of carbonyl (C=O) groups is 2. The minimum Gasteiger partial charge on any atom is -0.352 e. The molecule has 0 unspecified atom stereocenters. The molecule has 0 heterocycles. The van der Waals surface area contributed by atoms with Gasteiger partial charge in [-0.2, -0.15) is 0 Å². The topological polar surface area (TPSA) is 84.2 Å². The van der Waals surface area contributed by atoms with Crippen molar-refractivity contribution in [2.45, 2.75) is 39.0 Å². The number of hydrogen-bond donors (Lipinski definition) is 3. The summed E-state index contributed by atoms with van der Waals surface area (Å²) in [5, 5.41) is 5.97. The van der Waals surface area contributed by atoms with E-state index in [1.54, 1.807) is 18.2 Å². The molecule has 0 fully saturated rings.